The molecule has 1 rings (SSSR count). The molecule has 102 valence electrons. The highest BCUT2D eigenvalue weighted by Gasteiger charge is 2.32. The van der Waals surface area contributed by atoms with Gasteiger partial charge in [-0.25, -0.2) is 0 Å². The highest BCUT2D eigenvalue weighted by molar-refractivity contribution is 9.09. The van der Waals surface area contributed by atoms with Gasteiger partial charge in [0, 0.05) is 11.9 Å². The first-order valence-electron chi connectivity index (χ1n) is 7.48. The van der Waals surface area contributed by atoms with Gasteiger partial charge in [0.2, 0.25) is 0 Å². The molecule has 1 fully saturated rings. The Bertz CT molecular complexity index is 184. The van der Waals surface area contributed by atoms with Gasteiger partial charge >= 0.3 is 0 Å². The summed E-state index contributed by atoms with van der Waals surface area (Å²) >= 11 is 3.48. The fourth-order valence-corrected chi connectivity index (χ4v) is 2.90. The van der Waals surface area contributed by atoms with Crippen molar-refractivity contribution < 1.29 is 0 Å². The van der Waals surface area contributed by atoms with Crippen LogP contribution in [0.2, 0.25) is 0 Å². The third kappa shape index (κ3) is 8.20. The molecule has 0 heterocycles. The normalized spacial score (nSPS) is 23.3. The molecule has 0 aliphatic heterocycles. The summed E-state index contributed by atoms with van der Waals surface area (Å²) in [7, 11) is 2.29. The minimum atomic E-state index is 1.01. The SMILES string of the molecule is CC1CC1CN(C)CCCCCCCCCBr. The summed E-state index contributed by atoms with van der Waals surface area (Å²) in [6.45, 7) is 5.03. The lowest BCUT2D eigenvalue weighted by Gasteiger charge is -2.16. The molecule has 0 saturated heterocycles. The van der Waals surface area contributed by atoms with Crippen LogP contribution in [0.4, 0.5) is 0 Å². The molecule has 0 N–H and O–H groups in total. The Hall–Kier alpha value is 0.440. The maximum atomic E-state index is 3.48. The van der Waals surface area contributed by atoms with Crippen LogP contribution in [-0.2, 0) is 0 Å². The Labute approximate surface area is 116 Å². The number of rotatable bonds is 11. The first-order chi connectivity index (χ1) is 8.24. The van der Waals surface area contributed by atoms with Gasteiger partial charge in [0.15, 0.2) is 0 Å². The minimum Gasteiger partial charge on any atom is -0.306 e. The predicted octanol–water partition coefficient (Wildman–Crippen LogP) is 4.70. The third-order valence-electron chi connectivity index (χ3n) is 4.00. The molecule has 0 aromatic rings. The monoisotopic (exact) mass is 303 g/mol. The van der Waals surface area contributed by atoms with Gasteiger partial charge in [-0.1, -0.05) is 55.0 Å². The second kappa shape index (κ2) is 9.38. The van der Waals surface area contributed by atoms with Crippen molar-refractivity contribution >= 4 is 15.9 Å². The smallest absolute Gasteiger partial charge is 0.00313 e. The van der Waals surface area contributed by atoms with E-state index in [1.54, 1.807) is 0 Å². The van der Waals surface area contributed by atoms with Crippen LogP contribution in [-0.4, -0.2) is 30.4 Å². The number of hydrogen-bond acceptors (Lipinski definition) is 1. The number of unbranched alkanes of at least 4 members (excludes halogenated alkanes) is 6. The van der Waals surface area contributed by atoms with E-state index in [-0.39, 0.29) is 0 Å². The lowest BCUT2D eigenvalue weighted by molar-refractivity contribution is 0.306. The molecule has 1 aliphatic rings. The summed E-state index contributed by atoms with van der Waals surface area (Å²) in [5.74, 6) is 2.02. The summed E-state index contributed by atoms with van der Waals surface area (Å²) in [5.41, 5.74) is 0. The van der Waals surface area contributed by atoms with E-state index < -0.39 is 0 Å². The van der Waals surface area contributed by atoms with Crippen LogP contribution < -0.4 is 0 Å². The molecule has 1 aliphatic carbocycles. The summed E-state index contributed by atoms with van der Waals surface area (Å²) in [6, 6.07) is 0. The third-order valence-corrected chi connectivity index (χ3v) is 4.56. The van der Waals surface area contributed by atoms with E-state index in [4.69, 9.17) is 0 Å². The molecule has 1 saturated carbocycles. The van der Waals surface area contributed by atoms with E-state index in [9.17, 15) is 0 Å². The van der Waals surface area contributed by atoms with Crippen LogP contribution in [0.5, 0.6) is 0 Å². The van der Waals surface area contributed by atoms with Crippen LogP contribution in [0.3, 0.4) is 0 Å². The van der Waals surface area contributed by atoms with Gasteiger partial charge in [0.05, 0.1) is 0 Å². The average Bonchev–Trinajstić information content (AvgIpc) is 2.98. The fourth-order valence-electron chi connectivity index (χ4n) is 2.51. The van der Waals surface area contributed by atoms with E-state index in [2.05, 4.69) is 34.8 Å². The summed E-state index contributed by atoms with van der Waals surface area (Å²) < 4.78 is 0. The largest absolute Gasteiger partial charge is 0.306 e. The van der Waals surface area contributed by atoms with Crippen molar-refractivity contribution in [3.63, 3.8) is 0 Å². The zero-order chi connectivity index (χ0) is 12.5. The molecule has 17 heavy (non-hydrogen) atoms. The molecule has 1 nitrogen and oxygen atoms in total. The van der Waals surface area contributed by atoms with Crippen molar-refractivity contribution in [2.24, 2.45) is 11.8 Å². The van der Waals surface area contributed by atoms with Crippen molar-refractivity contribution in [1.29, 1.82) is 0 Å². The number of hydrogen-bond donors (Lipinski definition) is 0. The van der Waals surface area contributed by atoms with Crippen LogP contribution >= 0.6 is 15.9 Å². The van der Waals surface area contributed by atoms with E-state index in [0.29, 0.717) is 0 Å². The van der Waals surface area contributed by atoms with Crippen molar-refractivity contribution in [2.75, 3.05) is 25.5 Å². The zero-order valence-electron chi connectivity index (χ0n) is 11.8. The minimum absolute atomic E-state index is 1.01. The Balaban J connectivity index is 1.77. The number of alkyl halides is 1. The molecule has 0 amide bonds. The van der Waals surface area contributed by atoms with Crippen LogP contribution in [0.15, 0.2) is 0 Å². The van der Waals surface area contributed by atoms with E-state index >= 15 is 0 Å². The van der Waals surface area contributed by atoms with Crippen molar-refractivity contribution in [3.05, 3.63) is 0 Å². The van der Waals surface area contributed by atoms with Crippen molar-refractivity contribution in [3.8, 4) is 0 Å². The molecular weight excluding hydrogens is 274 g/mol. The van der Waals surface area contributed by atoms with Gasteiger partial charge in [-0.2, -0.15) is 0 Å². The van der Waals surface area contributed by atoms with Crippen LogP contribution in [0.1, 0.15) is 58.3 Å². The maximum Gasteiger partial charge on any atom is 0.00313 e. The topological polar surface area (TPSA) is 3.24 Å². The van der Waals surface area contributed by atoms with Gasteiger partial charge in [-0.15, -0.1) is 0 Å². The highest BCUT2D eigenvalue weighted by Crippen LogP contribution is 2.37. The molecular formula is C15H30BrN. The fraction of sp³-hybridized carbons (Fsp3) is 1.00. The van der Waals surface area contributed by atoms with Gasteiger partial charge in [0.1, 0.15) is 0 Å². The molecule has 0 aromatic carbocycles. The Kier molecular flexibility index (Phi) is 8.55. The number of halogens is 1. The number of nitrogens with zero attached hydrogens (tertiary/aromatic N) is 1. The Morgan fingerprint density at radius 3 is 2.06 bits per heavy atom. The van der Waals surface area contributed by atoms with E-state index in [0.717, 1.165) is 11.8 Å². The standard InChI is InChI=1S/C15H30BrN/c1-14-12-15(14)13-17(2)11-9-7-5-3-4-6-8-10-16/h14-15H,3-13H2,1-2H3. The zero-order valence-corrected chi connectivity index (χ0v) is 13.3. The van der Waals surface area contributed by atoms with Gasteiger partial charge in [-0.3, -0.25) is 0 Å². The quantitative estimate of drug-likeness (QED) is 0.395. The molecule has 2 atom stereocenters. The van der Waals surface area contributed by atoms with E-state index in [1.807, 2.05) is 0 Å². The van der Waals surface area contributed by atoms with Crippen molar-refractivity contribution in [1.82, 2.24) is 4.90 Å². The van der Waals surface area contributed by atoms with Gasteiger partial charge in [0.25, 0.3) is 0 Å². The Morgan fingerprint density at radius 1 is 1.00 bits per heavy atom. The Morgan fingerprint density at radius 2 is 1.53 bits per heavy atom. The summed E-state index contributed by atoms with van der Waals surface area (Å²) in [5, 5.41) is 1.18. The maximum absolute atomic E-state index is 3.48. The second-order valence-electron chi connectivity index (χ2n) is 5.90. The van der Waals surface area contributed by atoms with Crippen LogP contribution in [0, 0.1) is 11.8 Å². The lowest BCUT2D eigenvalue weighted by atomic mass is 10.1. The molecule has 0 spiro atoms. The first-order valence-corrected chi connectivity index (χ1v) is 8.60. The van der Waals surface area contributed by atoms with Crippen LogP contribution in [0.25, 0.3) is 0 Å². The summed E-state index contributed by atoms with van der Waals surface area (Å²) in [4.78, 5) is 2.54. The summed E-state index contributed by atoms with van der Waals surface area (Å²) in [6.07, 6.45) is 11.4. The second-order valence-corrected chi connectivity index (χ2v) is 6.69. The average molecular weight is 304 g/mol. The van der Waals surface area contributed by atoms with Gasteiger partial charge in [-0.05, 0) is 44.7 Å². The van der Waals surface area contributed by atoms with Gasteiger partial charge < -0.3 is 4.90 Å². The molecule has 0 aromatic heterocycles. The predicted molar refractivity (Wildman–Crippen MR) is 80.9 cm³/mol. The molecule has 0 radical (unpaired) electrons. The lowest BCUT2D eigenvalue weighted by Crippen LogP contribution is -2.22. The highest BCUT2D eigenvalue weighted by atomic mass is 79.9. The molecule has 2 unspecified atom stereocenters. The first kappa shape index (κ1) is 15.5. The van der Waals surface area contributed by atoms with E-state index in [1.165, 1.54) is 69.8 Å². The molecule has 0 bridgehead atoms. The molecule has 2 heteroatoms. The van der Waals surface area contributed by atoms with Crippen molar-refractivity contribution in [2.45, 2.75) is 58.3 Å².